The first-order valence-electron chi connectivity index (χ1n) is 11.4. The van der Waals surface area contributed by atoms with E-state index < -0.39 is 28.6 Å². The second-order valence-corrected chi connectivity index (χ2v) is 9.16. The van der Waals surface area contributed by atoms with Gasteiger partial charge in [0, 0.05) is 56.7 Å². The Morgan fingerprint density at radius 3 is 2.49 bits per heavy atom. The third-order valence-electron chi connectivity index (χ3n) is 7.22. The zero-order valence-corrected chi connectivity index (χ0v) is 19.3. The zero-order valence-electron chi connectivity index (χ0n) is 19.3. The standard InChI is InChI=1S/C25H26F3N5O2/c1-30-23(35)21-15-33(19-3-2-18(14-29)20(13-19)25(26,27)28)16-24(21)6-10-32(11-7-24)22(34)12-17-4-8-31-9-5-17/h2-5,8-9,13,21H,6-7,10-12,15-16H2,1H3,(H,30,35). The normalized spacial score (nSPS) is 19.5. The van der Waals surface area contributed by atoms with E-state index in [4.69, 9.17) is 5.26 Å². The first-order chi connectivity index (χ1) is 16.7. The number of amides is 2. The molecule has 3 heterocycles. The Morgan fingerprint density at radius 2 is 1.89 bits per heavy atom. The molecule has 2 aliphatic heterocycles. The molecule has 1 unspecified atom stereocenters. The SMILES string of the molecule is CNC(=O)C1CN(c2ccc(C#N)c(C(F)(F)F)c2)CC12CCN(C(=O)Cc1ccncc1)CC2. The summed E-state index contributed by atoms with van der Waals surface area (Å²) < 4.78 is 40.5. The molecule has 2 amide bonds. The molecule has 1 aromatic heterocycles. The Balaban J connectivity index is 1.53. The summed E-state index contributed by atoms with van der Waals surface area (Å²) in [6.07, 6.45) is 0.0494. The minimum Gasteiger partial charge on any atom is -0.370 e. The van der Waals surface area contributed by atoms with E-state index in [1.54, 1.807) is 47.4 Å². The van der Waals surface area contributed by atoms with Crippen LogP contribution >= 0.6 is 0 Å². The first kappa shape index (κ1) is 24.5. The van der Waals surface area contributed by atoms with Crippen LogP contribution in [0.15, 0.2) is 42.7 Å². The van der Waals surface area contributed by atoms with Crippen molar-refractivity contribution in [2.24, 2.45) is 11.3 Å². The van der Waals surface area contributed by atoms with Gasteiger partial charge in [-0.3, -0.25) is 14.6 Å². The van der Waals surface area contributed by atoms with E-state index >= 15 is 0 Å². The van der Waals surface area contributed by atoms with E-state index in [-0.39, 0.29) is 24.8 Å². The van der Waals surface area contributed by atoms with Crippen molar-refractivity contribution >= 4 is 17.5 Å². The lowest BCUT2D eigenvalue weighted by Gasteiger charge is -2.42. The van der Waals surface area contributed by atoms with Crippen molar-refractivity contribution in [2.75, 3.05) is 38.1 Å². The first-order valence-corrected chi connectivity index (χ1v) is 11.4. The van der Waals surface area contributed by atoms with Crippen LogP contribution in [0.4, 0.5) is 18.9 Å². The molecule has 1 aromatic carbocycles. The Kier molecular flexibility index (Phi) is 6.70. The van der Waals surface area contributed by atoms with Crippen molar-refractivity contribution in [3.05, 3.63) is 59.4 Å². The number of carbonyl (C=O) groups excluding carboxylic acids is 2. The summed E-state index contributed by atoms with van der Waals surface area (Å²) in [7, 11) is 1.55. The lowest BCUT2D eigenvalue weighted by molar-refractivity contribution is -0.138. The van der Waals surface area contributed by atoms with Gasteiger partial charge < -0.3 is 15.1 Å². The van der Waals surface area contributed by atoms with Crippen LogP contribution < -0.4 is 10.2 Å². The number of likely N-dealkylation sites (tertiary alicyclic amines) is 1. The van der Waals surface area contributed by atoms with Gasteiger partial charge in [0.15, 0.2) is 0 Å². The molecule has 2 saturated heterocycles. The molecule has 0 bridgehead atoms. The number of hydrogen-bond donors (Lipinski definition) is 1. The third-order valence-corrected chi connectivity index (χ3v) is 7.22. The number of pyridine rings is 1. The summed E-state index contributed by atoms with van der Waals surface area (Å²) in [5.74, 6) is -0.581. The van der Waals surface area contributed by atoms with Gasteiger partial charge in [0.25, 0.3) is 0 Å². The molecule has 1 N–H and O–H groups in total. The number of nitrogens with zero attached hydrogens (tertiary/aromatic N) is 4. The molecule has 0 saturated carbocycles. The average molecular weight is 486 g/mol. The van der Waals surface area contributed by atoms with E-state index in [9.17, 15) is 22.8 Å². The summed E-state index contributed by atoms with van der Waals surface area (Å²) in [5, 5.41) is 11.8. The number of halogens is 3. The molecule has 1 spiro atoms. The molecule has 0 aliphatic carbocycles. The fourth-order valence-corrected chi connectivity index (χ4v) is 5.26. The van der Waals surface area contributed by atoms with Gasteiger partial charge in [-0.1, -0.05) is 0 Å². The number of alkyl halides is 3. The summed E-state index contributed by atoms with van der Waals surface area (Å²) in [6.45, 7) is 1.63. The van der Waals surface area contributed by atoms with Crippen LogP contribution in [0.5, 0.6) is 0 Å². The highest BCUT2D eigenvalue weighted by molar-refractivity contribution is 5.82. The van der Waals surface area contributed by atoms with Gasteiger partial charge in [-0.15, -0.1) is 0 Å². The average Bonchev–Trinajstić information content (AvgIpc) is 3.22. The Bertz CT molecular complexity index is 1140. The minimum absolute atomic E-state index is 0.000641. The summed E-state index contributed by atoms with van der Waals surface area (Å²) in [5.41, 5.74) is -0.662. The molecule has 10 heteroatoms. The van der Waals surface area contributed by atoms with Gasteiger partial charge in [-0.2, -0.15) is 18.4 Å². The van der Waals surface area contributed by atoms with Crippen molar-refractivity contribution in [3.63, 3.8) is 0 Å². The van der Waals surface area contributed by atoms with Gasteiger partial charge >= 0.3 is 6.18 Å². The van der Waals surface area contributed by atoms with E-state index in [0.29, 0.717) is 38.2 Å². The number of piperidine rings is 1. The Morgan fingerprint density at radius 1 is 1.20 bits per heavy atom. The third kappa shape index (κ3) is 4.94. The Labute approximate surface area is 201 Å². The number of nitriles is 1. The monoisotopic (exact) mass is 485 g/mol. The summed E-state index contributed by atoms with van der Waals surface area (Å²) in [4.78, 5) is 33.2. The van der Waals surface area contributed by atoms with Crippen molar-refractivity contribution in [1.82, 2.24) is 15.2 Å². The number of nitrogens with one attached hydrogen (secondary N) is 1. The van der Waals surface area contributed by atoms with Gasteiger partial charge in [0.05, 0.1) is 29.5 Å². The molecule has 7 nitrogen and oxygen atoms in total. The molecular formula is C25H26F3N5O2. The van der Waals surface area contributed by atoms with Gasteiger partial charge in [-0.05, 0) is 48.7 Å². The highest BCUT2D eigenvalue weighted by atomic mass is 19.4. The molecule has 4 rings (SSSR count). The molecule has 0 radical (unpaired) electrons. The maximum Gasteiger partial charge on any atom is 0.417 e. The van der Waals surface area contributed by atoms with E-state index in [0.717, 1.165) is 11.6 Å². The topological polar surface area (TPSA) is 89.3 Å². The van der Waals surface area contributed by atoms with Crippen LogP contribution in [0.1, 0.15) is 29.5 Å². The fraction of sp³-hybridized carbons (Fsp3) is 0.440. The zero-order chi connectivity index (χ0) is 25.2. The number of carbonyl (C=O) groups is 2. The van der Waals surface area contributed by atoms with Crippen LogP contribution in [-0.4, -0.2) is 54.9 Å². The van der Waals surface area contributed by atoms with Gasteiger partial charge in [0.2, 0.25) is 11.8 Å². The highest BCUT2D eigenvalue weighted by Crippen LogP contribution is 2.47. The van der Waals surface area contributed by atoms with Crippen molar-refractivity contribution in [1.29, 1.82) is 5.26 Å². The van der Waals surface area contributed by atoms with Crippen LogP contribution in [0.25, 0.3) is 0 Å². The lowest BCUT2D eigenvalue weighted by atomic mass is 9.70. The second-order valence-electron chi connectivity index (χ2n) is 9.16. The van der Waals surface area contributed by atoms with E-state index in [1.165, 1.54) is 12.1 Å². The molecule has 2 aliphatic rings. The summed E-state index contributed by atoms with van der Waals surface area (Å²) in [6, 6.07) is 8.87. The van der Waals surface area contributed by atoms with Crippen LogP contribution in [0.3, 0.4) is 0 Å². The Hall–Kier alpha value is -3.61. The second kappa shape index (κ2) is 9.56. The highest BCUT2D eigenvalue weighted by Gasteiger charge is 2.51. The molecule has 1 atom stereocenters. The largest absolute Gasteiger partial charge is 0.417 e. The number of rotatable bonds is 4. The number of hydrogen-bond acceptors (Lipinski definition) is 5. The molecular weight excluding hydrogens is 459 g/mol. The van der Waals surface area contributed by atoms with E-state index in [2.05, 4.69) is 10.3 Å². The van der Waals surface area contributed by atoms with Crippen molar-refractivity contribution in [2.45, 2.75) is 25.4 Å². The molecule has 2 fully saturated rings. The van der Waals surface area contributed by atoms with E-state index in [1.807, 2.05) is 0 Å². The van der Waals surface area contributed by atoms with Gasteiger partial charge in [-0.25, -0.2) is 0 Å². The fourth-order valence-electron chi connectivity index (χ4n) is 5.26. The maximum atomic E-state index is 13.5. The van der Waals surface area contributed by atoms with Crippen molar-refractivity contribution < 1.29 is 22.8 Å². The predicted octanol–water partition coefficient (Wildman–Crippen LogP) is 3.01. The maximum absolute atomic E-state index is 13.5. The lowest BCUT2D eigenvalue weighted by Crippen LogP contribution is -2.49. The molecule has 2 aromatic rings. The number of anilines is 1. The summed E-state index contributed by atoms with van der Waals surface area (Å²) >= 11 is 0. The van der Waals surface area contributed by atoms with Crippen LogP contribution in [0, 0.1) is 22.7 Å². The predicted molar refractivity (Wildman–Crippen MR) is 122 cm³/mol. The van der Waals surface area contributed by atoms with Crippen molar-refractivity contribution in [3.8, 4) is 6.07 Å². The molecule has 184 valence electrons. The van der Waals surface area contributed by atoms with Crippen LogP contribution in [-0.2, 0) is 22.2 Å². The quantitative estimate of drug-likeness (QED) is 0.719. The number of benzene rings is 1. The van der Waals surface area contributed by atoms with Gasteiger partial charge in [0.1, 0.15) is 0 Å². The molecule has 35 heavy (non-hydrogen) atoms. The number of aromatic nitrogens is 1. The minimum atomic E-state index is -4.65. The van der Waals surface area contributed by atoms with Crippen LogP contribution in [0.2, 0.25) is 0 Å². The smallest absolute Gasteiger partial charge is 0.370 e.